The first-order valence-corrected chi connectivity index (χ1v) is 4.16. The molecule has 0 aliphatic rings. The van der Waals surface area contributed by atoms with Gasteiger partial charge in [0.05, 0.1) is 13.2 Å². The van der Waals surface area contributed by atoms with E-state index in [0.29, 0.717) is 6.42 Å². The van der Waals surface area contributed by atoms with E-state index in [9.17, 15) is 9.59 Å². The van der Waals surface area contributed by atoms with Crippen molar-refractivity contribution in [3.8, 4) is 0 Å². The highest BCUT2D eigenvalue weighted by molar-refractivity contribution is 5.87. The lowest BCUT2D eigenvalue weighted by molar-refractivity contribution is -0.144. The summed E-state index contributed by atoms with van der Waals surface area (Å²) in [6, 6.07) is -1.21. The molecule has 0 saturated carbocycles. The van der Waals surface area contributed by atoms with Crippen LogP contribution in [0.4, 0.5) is 0 Å². The van der Waals surface area contributed by atoms with Crippen LogP contribution in [0.1, 0.15) is 20.3 Å². The Bertz CT molecular complexity index is 194. The molecule has 5 nitrogen and oxygen atoms in total. The Morgan fingerprint density at radius 1 is 1.54 bits per heavy atom. The van der Waals surface area contributed by atoms with Gasteiger partial charge in [-0.1, -0.05) is 6.92 Å². The molecular formula is C8H16N2O3. The third-order valence-corrected chi connectivity index (χ3v) is 1.69. The van der Waals surface area contributed by atoms with E-state index in [1.165, 1.54) is 7.11 Å². The number of esters is 1. The zero-order valence-electron chi connectivity index (χ0n) is 8.16. The fourth-order valence-electron chi connectivity index (χ4n) is 0.742. The van der Waals surface area contributed by atoms with E-state index < -0.39 is 18.1 Å². The molecule has 0 radical (unpaired) electrons. The molecule has 0 saturated heterocycles. The number of rotatable bonds is 4. The van der Waals surface area contributed by atoms with Crippen molar-refractivity contribution >= 4 is 11.9 Å². The monoisotopic (exact) mass is 188 g/mol. The Balaban J connectivity index is 3.98. The second kappa shape index (κ2) is 5.53. The quantitative estimate of drug-likeness (QED) is 0.577. The average molecular weight is 188 g/mol. The molecule has 0 aromatic carbocycles. The molecular weight excluding hydrogens is 172 g/mol. The zero-order valence-corrected chi connectivity index (χ0v) is 8.16. The van der Waals surface area contributed by atoms with Gasteiger partial charge in [0.15, 0.2) is 0 Å². The molecule has 1 unspecified atom stereocenters. The predicted octanol–water partition coefficient (Wildman–Crippen LogP) is -0.599. The molecule has 2 atom stereocenters. The summed E-state index contributed by atoms with van der Waals surface area (Å²) in [6.45, 7) is 3.35. The Kier molecular flexibility index (Phi) is 5.06. The maximum Gasteiger partial charge on any atom is 0.328 e. The van der Waals surface area contributed by atoms with E-state index in [1.54, 1.807) is 13.8 Å². The van der Waals surface area contributed by atoms with Gasteiger partial charge in [-0.15, -0.1) is 0 Å². The van der Waals surface area contributed by atoms with E-state index in [0.717, 1.165) is 0 Å². The highest BCUT2D eigenvalue weighted by Crippen LogP contribution is 1.90. The summed E-state index contributed by atoms with van der Waals surface area (Å²) in [5, 5.41) is 2.44. The lowest BCUT2D eigenvalue weighted by Crippen LogP contribution is -2.47. The van der Waals surface area contributed by atoms with Crippen molar-refractivity contribution < 1.29 is 14.3 Å². The first-order valence-electron chi connectivity index (χ1n) is 4.16. The van der Waals surface area contributed by atoms with E-state index in [4.69, 9.17) is 5.73 Å². The van der Waals surface area contributed by atoms with Crippen LogP contribution in [0.2, 0.25) is 0 Å². The summed E-state index contributed by atoms with van der Waals surface area (Å²) < 4.78 is 4.43. The number of amides is 1. The number of hydrogen-bond acceptors (Lipinski definition) is 4. The fraction of sp³-hybridized carbons (Fsp3) is 0.750. The van der Waals surface area contributed by atoms with Gasteiger partial charge >= 0.3 is 5.97 Å². The molecule has 0 bridgehead atoms. The van der Waals surface area contributed by atoms with Gasteiger partial charge in [-0.3, -0.25) is 4.79 Å². The lowest BCUT2D eigenvalue weighted by atomic mass is 10.2. The van der Waals surface area contributed by atoms with Gasteiger partial charge in [0.1, 0.15) is 6.04 Å². The number of nitrogens with two attached hydrogens (primary N) is 1. The Labute approximate surface area is 77.6 Å². The van der Waals surface area contributed by atoms with Crippen LogP contribution in [0.5, 0.6) is 0 Å². The van der Waals surface area contributed by atoms with Gasteiger partial charge in [0.2, 0.25) is 5.91 Å². The van der Waals surface area contributed by atoms with Crippen molar-refractivity contribution in [2.75, 3.05) is 7.11 Å². The van der Waals surface area contributed by atoms with E-state index in [-0.39, 0.29) is 5.91 Å². The molecule has 76 valence electrons. The lowest BCUT2D eigenvalue weighted by Gasteiger charge is -2.14. The number of ether oxygens (including phenoxy) is 1. The minimum atomic E-state index is -0.643. The molecule has 0 heterocycles. The fourth-order valence-corrected chi connectivity index (χ4v) is 0.742. The van der Waals surface area contributed by atoms with Crippen LogP contribution in [0, 0.1) is 0 Å². The van der Waals surface area contributed by atoms with Crippen LogP contribution in [0.15, 0.2) is 0 Å². The highest BCUT2D eigenvalue weighted by Gasteiger charge is 2.18. The minimum Gasteiger partial charge on any atom is -0.467 e. The molecule has 0 aromatic rings. The number of carbonyl (C=O) groups excluding carboxylic acids is 2. The van der Waals surface area contributed by atoms with Crippen LogP contribution in [0.3, 0.4) is 0 Å². The van der Waals surface area contributed by atoms with E-state index >= 15 is 0 Å². The summed E-state index contributed by atoms with van der Waals surface area (Å²) >= 11 is 0. The van der Waals surface area contributed by atoms with Crippen molar-refractivity contribution in [3.05, 3.63) is 0 Å². The summed E-state index contributed by atoms with van der Waals surface area (Å²) in [5.41, 5.74) is 5.44. The second-order valence-corrected chi connectivity index (χ2v) is 2.77. The highest BCUT2D eigenvalue weighted by atomic mass is 16.5. The predicted molar refractivity (Wildman–Crippen MR) is 47.9 cm³/mol. The molecule has 3 N–H and O–H groups in total. The third-order valence-electron chi connectivity index (χ3n) is 1.69. The molecule has 1 amide bonds. The molecule has 13 heavy (non-hydrogen) atoms. The Morgan fingerprint density at radius 3 is 2.46 bits per heavy atom. The van der Waals surface area contributed by atoms with Gasteiger partial charge in [-0.25, -0.2) is 4.79 Å². The smallest absolute Gasteiger partial charge is 0.328 e. The first kappa shape index (κ1) is 11.9. The number of methoxy groups -OCH3 is 1. The number of carbonyl (C=O) groups is 2. The van der Waals surface area contributed by atoms with Gasteiger partial charge < -0.3 is 15.8 Å². The molecule has 0 spiro atoms. The molecule has 0 aliphatic heterocycles. The topological polar surface area (TPSA) is 81.4 Å². The van der Waals surface area contributed by atoms with Gasteiger partial charge in [-0.05, 0) is 13.3 Å². The second-order valence-electron chi connectivity index (χ2n) is 2.77. The molecule has 0 fully saturated rings. The maximum absolute atomic E-state index is 11.2. The van der Waals surface area contributed by atoms with Crippen molar-refractivity contribution in [2.24, 2.45) is 5.73 Å². The summed E-state index contributed by atoms with van der Waals surface area (Å²) in [6.07, 6.45) is 0.541. The van der Waals surface area contributed by atoms with Crippen LogP contribution < -0.4 is 11.1 Å². The molecule has 0 rings (SSSR count). The van der Waals surface area contributed by atoms with Gasteiger partial charge in [-0.2, -0.15) is 0 Å². The Morgan fingerprint density at radius 2 is 2.08 bits per heavy atom. The largest absolute Gasteiger partial charge is 0.467 e. The molecule has 0 aromatic heterocycles. The van der Waals surface area contributed by atoms with Crippen LogP contribution in [-0.4, -0.2) is 31.1 Å². The summed E-state index contributed by atoms with van der Waals surface area (Å²) in [7, 11) is 1.27. The summed E-state index contributed by atoms with van der Waals surface area (Å²) in [5.74, 6) is -0.808. The molecule has 5 heteroatoms. The van der Waals surface area contributed by atoms with Crippen molar-refractivity contribution in [1.82, 2.24) is 5.32 Å². The minimum absolute atomic E-state index is 0.333. The Hall–Kier alpha value is -1.10. The normalized spacial score (nSPS) is 14.5. The number of hydrogen-bond donors (Lipinski definition) is 2. The first-order chi connectivity index (χ1) is 6.02. The van der Waals surface area contributed by atoms with Crippen molar-refractivity contribution in [1.29, 1.82) is 0 Å². The third kappa shape index (κ3) is 3.89. The van der Waals surface area contributed by atoms with Crippen LogP contribution >= 0.6 is 0 Å². The van der Waals surface area contributed by atoms with Gasteiger partial charge in [0, 0.05) is 0 Å². The standard InChI is InChI=1S/C8H16N2O3/c1-4-6(9)7(11)10-5(2)8(12)13-3/h5-6H,4,9H2,1-3H3,(H,10,11)/t5?,6-/m1/s1. The average Bonchev–Trinajstić information content (AvgIpc) is 2.14. The van der Waals surface area contributed by atoms with Crippen molar-refractivity contribution in [3.63, 3.8) is 0 Å². The van der Waals surface area contributed by atoms with E-state index in [2.05, 4.69) is 10.1 Å². The van der Waals surface area contributed by atoms with Crippen molar-refractivity contribution in [2.45, 2.75) is 32.4 Å². The van der Waals surface area contributed by atoms with Gasteiger partial charge in [0.25, 0.3) is 0 Å². The molecule has 0 aliphatic carbocycles. The van der Waals surface area contributed by atoms with Crippen LogP contribution in [0.25, 0.3) is 0 Å². The zero-order chi connectivity index (χ0) is 10.4. The number of nitrogens with one attached hydrogen (secondary N) is 1. The van der Waals surface area contributed by atoms with Crippen LogP contribution in [-0.2, 0) is 14.3 Å². The maximum atomic E-state index is 11.2. The SMILES string of the molecule is CC[C@@H](N)C(=O)NC(C)C(=O)OC. The van der Waals surface area contributed by atoms with E-state index in [1.807, 2.05) is 0 Å². The summed E-state index contributed by atoms with van der Waals surface area (Å²) in [4.78, 5) is 22.0.